The molecular formula is C18H16F3N3O3. The number of alkyl halides is 2. The fraction of sp³-hybridized carbons (Fsp3) is 0.222. The van der Waals surface area contributed by atoms with Crippen LogP contribution in [0.4, 0.5) is 19.0 Å². The van der Waals surface area contributed by atoms with E-state index < -0.39 is 12.4 Å². The monoisotopic (exact) mass is 379 g/mol. The first kappa shape index (κ1) is 18.6. The van der Waals surface area contributed by atoms with Crippen LogP contribution in [0.1, 0.15) is 5.56 Å². The van der Waals surface area contributed by atoms with Gasteiger partial charge in [-0.2, -0.15) is 8.78 Å². The maximum atomic E-state index is 13.9. The van der Waals surface area contributed by atoms with Gasteiger partial charge in [0.15, 0.2) is 11.6 Å². The Morgan fingerprint density at radius 2 is 1.85 bits per heavy atom. The first-order valence-corrected chi connectivity index (χ1v) is 7.85. The number of ether oxygens (including phenoxy) is 3. The lowest BCUT2D eigenvalue weighted by atomic mass is 10.1. The van der Waals surface area contributed by atoms with Gasteiger partial charge in [-0.15, -0.1) is 0 Å². The van der Waals surface area contributed by atoms with E-state index in [4.69, 9.17) is 9.47 Å². The number of aromatic nitrogens is 2. The van der Waals surface area contributed by atoms with Gasteiger partial charge < -0.3 is 19.5 Å². The third-order valence-corrected chi connectivity index (χ3v) is 3.84. The highest BCUT2D eigenvalue weighted by Gasteiger charge is 2.13. The molecule has 0 bridgehead atoms. The molecule has 3 rings (SSSR count). The minimum atomic E-state index is -2.95. The van der Waals surface area contributed by atoms with E-state index in [2.05, 4.69) is 20.0 Å². The molecule has 0 amide bonds. The van der Waals surface area contributed by atoms with Gasteiger partial charge in [-0.1, -0.05) is 0 Å². The summed E-state index contributed by atoms with van der Waals surface area (Å²) in [5.74, 6) is 0.396. The zero-order valence-corrected chi connectivity index (χ0v) is 14.5. The van der Waals surface area contributed by atoms with E-state index >= 15 is 0 Å². The first-order valence-electron chi connectivity index (χ1n) is 7.85. The Morgan fingerprint density at radius 1 is 1.04 bits per heavy atom. The van der Waals surface area contributed by atoms with Crippen LogP contribution in [-0.2, 0) is 6.54 Å². The fourth-order valence-electron chi connectivity index (χ4n) is 2.57. The van der Waals surface area contributed by atoms with Gasteiger partial charge in [0.2, 0.25) is 0 Å². The van der Waals surface area contributed by atoms with E-state index in [9.17, 15) is 13.2 Å². The van der Waals surface area contributed by atoms with E-state index in [1.165, 1.54) is 44.8 Å². The van der Waals surface area contributed by atoms with Crippen LogP contribution in [-0.4, -0.2) is 30.8 Å². The van der Waals surface area contributed by atoms with E-state index in [1.54, 1.807) is 6.07 Å². The molecule has 2 aromatic carbocycles. The quantitative estimate of drug-likeness (QED) is 0.669. The van der Waals surface area contributed by atoms with Crippen molar-refractivity contribution in [3.63, 3.8) is 0 Å². The smallest absolute Gasteiger partial charge is 0.387 e. The van der Waals surface area contributed by atoms with Crippen LogP contribution in [0.3, 0.4) is 0 Å². The number of benzene rings is 2. The summed E-state index contributed by atoms with van der Waals surface area (Å²) >= 11 is 0. The zero-order valence-electron chi connectivity index (χ0n) is 14.5. The summed E-state index contributed by atoms with van der Waals surface area (Å²) in [6, 6.07) is 7.20. The lowest BCUT2D eigenvalue weighted by Crippen LogP contribution is -2.08. The topological polar surface area (TPSA) is 65.5 Å². The van der Waals surface area contributed by atoms with Crippen molar-refractivity contribution in [1.29, 1.82) is 0 Å². The van der Waals surface area contributed by atoms with Crippen molar-refractivity contribution in [2.24, 2.45) is 0 Å². The second-order valence-electron chi connectivity index (χ2n) is 5.43. The zero-order chi connectivity index (χ0) is 19.4. The van der Waals surface area contributed by atoms with Crippen LogP contribution in [0.2, 0.25) is 0 Å². The van der Waals surface area contributed by atoms with E-state index in [1.807, 2.05) is 0 Å². The van der Waals surface area contributed by atoms with Crippen molar-refractivity contribution < 1.29 is 27.4 Å². The largest absolute Gasteiger partial charge is 0.497 e. The third kappa shape index (κ3) is 4.13. The van der Waals surface area contributed by atoms with Gasteiger partial charge in [-0.25, -0.2) is 14.4 Å². The first-order chi connectivity index (χ1) is 13.0. The Bertz CT molecular complexity index is 954. The molecule has 0 aliphatic rings. The molecule has 0 radical (unpaired) electrons. The Hall–Kier alpha value is -3.23. The van der Waals surface area contributed by atoms with Gasteiger partial charge >= 0.3 is 6.61 Å². The van der Waals surface area contributed by atoms with E-state index in [0.29, 0.717) is 28.0 Å². The van der Waals surface area contributed by atoms with Crippen molar-refractivity contribution >= 4 is 16.7 Å². The SMILES string of the molecule is COc1ccc(OC(F)F)c(CNc2ncnc3cc(F)c(OC)cc23)c1. The summed E-state index contributed by atoms with van der Waals surface area (Å²) < 4.78 is 53.8. The Morgan fingerprint density at radius 3 is 2.56 bits per heavy atom. The van der Waals surface area contributed by atoms with E-state index in [0.717, 1.165) is 0 Å². The van der Waals surface area contributed by atoms with Gasteiger partial charge in [-0.3, -0.25) is 0 Å². The standard InChI is InChI=1S/C18H16F3N3O3/c1-25-11-3-4-15(27-18(20)21)10(5-11)8-22-17-12-6-16(26-2)13(19)7-14(12)23-9-24-17/h3-7,9,18H,8H2,1-2H3,(H,22,23,24). The van der Waals surface area contributed by atoms with Gasteiger partial charge in [0.1, 0.15) is 23.6 Å². The maximum Gasteiger partial charge on any atom is 0.387 e. The highest BCUT2D eigenvalue weighted by molar-refractivity contribution is 5.90. The molecule has 0 aliphatic heterocycles. The molecule has 9 heteroatoms. The minimum Gasteiger partial charge on any atom is -0.497 e. The van der Waals surface area contributed by atoms with Gasteiger partial charge in [-0.05, 0) is 24.3 Å². The minimum absolute atomic E-state index is 0.0142. The predicted octanol–water partition coefficient (Wildman–Crippen LogP) is 4.00. The van der Waals surface area contributed by atoms with Crippen molar-refractivity contribution in [2.75, 3.05) is 19.5 Å². The summed E-state index contributed by atoms with van der Waals surface area (Å²) in [6.07, 6.45) is 1.28. The summed E-state index contributed by atoms with van der Waals surface area (Å²) in [7, 11) is 2.82. The molecule has 0 fully saturated rings. The molecule has 1 N–H and O–H groups in total. The number of anilines is 1. The van der Waals surface area contributed by atoms with Crippen molar-refractivity contribution in [2.45, 2.75) is 13.2 Å². The molecule has 0 saturated heterocycles. The highest BCUT2D eigenvalue weighted by atomic mass is 19.3. The van der Waals surface area contributed by atoms with E-state index in [-0.39, 0.29) is 18.0 Å². The molecule has 27 heavy (non-hydrogen) atoms. The number of fused-ring (bicyclic) bond motifs is 1. The predicted molar refractivity (Wildman–Crippen MR) is 93.0 cm³/mol. The number of halogens is 3. The number of nitrogens with one attached hydrogen (secondary N) is 1. The van der Waals surface area contributed by atoms with Crippen LogP contribution in [0.15, 0.2) is 36.7 Å². The summed E-state index contributed by atoms with van der Waals surface area (Å²) in [5, 5.41) is 3.55. The molecule has 3 aromatic rings. The van der Waals surface area contributed by atoms with Crippen LogP contribution >= 0.6 is 0 Å². The van der Waals surface area contributed by atoms with Crippen LogP contribution < -0.4 is 19.5 Å². The average molecular weight is 379 g/mol. The van der Waals surface area contributed by atoms with Gasteiger partial charge in [0, 0.05) is 23.6 Å². The highest BCUT2D eigenvalue weighted by Crippen LogP contribution is 2.29. The molecule has 0 unspecified atom stereocenters. The second kappa shape index (κ2) is 7.98. The summed E-state index contributed by atoms with van der Waals surface area (Å²) in [6.45, 7) is -2.84. The number of rotatable bonds is 7. The summed E-state index contributed by atoms with van der Waals surface area (Å²) in [4.78, 5) is 8.17. The average Bonchev–Trinajstić information content (AvgIpc) is 2.66. The Kier molecular flexibility index (Phi) is 5.49. The van der Waals surface area contributed by atoms with Crippen molar-refractivity contribution in [3.8, 4) is 17.2 Å². The molecular weight excluding hydrogens is 363 g/mol. The number of nitrogens with zero attached hydrogens (tertiary/aromatic N) is 2. The van der Waals surface area contributed by atoms with Crippen LogP contribution in [0, 0.1) is 5.82 Å². The third-order valence-electron chi connectivity index (χ3n) is 3.84. The molecule has 0 atom stereocenters. The normalized spacial score (nSPS) is 10.9. The molecule has 6 nitrogen and oxygen atoms in total. The van der Waals surface area contributed by atoms with Crippen LogP contribution in [0.5, 0.6) is 17.2 Å². The van der Waals surface area contributed by atoms with Gasteiger partial charge in [0.05, 0.1) is 19.7 Å². The van der Waals surface area contributed by atoms with Crippen molar-refractivity contribution in [3.05, 3.63) is 48.0 Å². The maximum absolute atomic E-state index is 13.9. The van der Waals surface area contributed by atoms with Crippen molar-refractivity contribution in [1.82, 2.24) is 9.97 Å². The number of methoxy groups -OCH3 is 2. The fourth-order valence-corrected chi connectivity index (χ4v) is 2.57. The molecule has 0 aliphatic carbocycles. The lowest BCUT2D eigenvalue weighted by molar-refractivity contribution is -0.0504. The summed E-state index contributed by atoms with van der Waals surface area (Å²) in [5.41, 5.74) is 0.816. The number of hydrogen-bond acceptors (Lipinski definition) is 6. The second-order valence-corrected chi connectivity index (χ2v) is 5.43. The van der Waals surface area contributed by atoms with Crippen LogP contribution in [0.25, 0.3) is 10.9 Å². The Balaban J connectivity index is 1.92. The lowest BCUT2D eigenvalue weighted by Gasteiger charge is -2.14. The number of hydrogen-bond donors (Lipinski definition) is 1. The molecule has 1 heterocycles. The Labute approximate surface area is 152 Å². The van der Waals surface area contributed by atoms with Gasteiger partial charge in [0.25, 0.3) is 0 Å². The molecule has 0 spiro atoms. The molecule has 1 aromatic heterocycles. The molecule has 142 valence electrons. The molecule has 0 saturated carbocycles.